The van der Waals surface area contributed by atoms with E-state index in [0.29, 0.717) is 5.02 Å². The smallest absolute Gasteiger partial charge is 0.326 e. The largest absolute Gasteiger partial charge is 0.480 e. The third-order valence-electron chi connectivity index (χ3n) is 2.73. The molecular formula is C13H17ClN2O4. The third kappa shape index (κ3) is 4.71. The number of hydrogen-bond acceptors (Lipinski definition) is 3. The van der Waals surface area contributed by atoms with Gasteiger partial charge in [-0.1, -0.05) is 29.8 Å². The van der Waals surface area contributed by atoms with Crippen LogP contribution in [-0.4, -0.2) is 46.8 Å². The predicted molar refractivity (Wildman–Crippen MR) is 74.6 cm³/mol. The SMILES string of the molecule is CN(Cc1ccccc1Cl)C(=O)NC(CCO)C(=O)O. The molecule has 0 fully saturated rings. The van der Waals surface area contributed by atoms with Crippen molar-refractivity contribution in [2.45, 2.75) is 19.0 Å². The molecule has 0 aliphatic rings. The average molecular weight is 301 g/mol. The summed E-state index contributed by atoms with van der Waals surface area (Å²) in [5.41, 5.74) is 0.765. The number of carboxylic acid groups (broad SMARTS) is 1. The number of aliphatic hydroxyl groups excluding tert-OH is 1. The monoisotopic (exact) mass is 300 g/mol. The predicted octanol–water partition coefficient (Wildman–Crippen LogP) is 1.32. The standard InChI is InChI=1S/C13H17ClN2O4/c1-16(8-9-4-2-3-5-10(9)14)13(20)15-11(6-7-17)12(18)19/h2-5,11,17H,6-8H2,1H3,(H,15,20)(H,18,19). The number of urea groups is 1. The molecule has 0 radical (unpaired) electrons. The molecule has 20 heavy (non-hydrogen) atoms. The Bertz CT molecular complexity index is 481. The van der Waals surface area contributed by atoms with Crippen LogP contribution in [0.1, 0.15) is 12.0 Å². The van der Waals surface area contributed by atoms with Gasteiger partial charge in [-0.2, -0.15) is 0 Å². The van der Waals surface area contributed by atoms with Crippen LogP contribution in [0.5, 0.6) is 0 Å². The highest BCUT2D eigenvalue weighted by atomic mass is 35.5. The van der Waals surface area contributed by atoms with Crippen molar-refractivity contribution in [3.05, 3.63) is 34.9 Å². The molecule has 0 bridgehead atoms. The Morgan fingerprint density at radius 2 is 2.05 bits per heavy atom. The molecule has 110 valence electrons. The number of carboxylic acids is 1. The summed E-state index contributed by atoms with van der Waals surface area (Å²) >= 11 is 5.99. The molecule has 3 N–H and O–H groups in total. The van der Waals surface area contributed by atoms with Gasteiger partial charge in [0.15, 0.2) is 0 Å². The van der Waals surface area contributed by atoms with E-state index in [4.69, 9.17) is 21.8 Å². The molecule has 0 heterocycles. The van der Waals surface area contributed by atoms with Gasteiger partial charge in [0, 0.05) is 31.6 Å². The molecule has 0 aliphatic carbocycles. The summed E-state index contributed by atoms with van der Waals surface area (Å²) in [4.78, 5) is 24.1. The number of halogens is 1. The van der Waals surface area contributed by atoms with E-state index >= 15 is 0 Å². The fourth-order valence-electron chi connectivity index (χ4n) is 1.60. The van der Waals surface area contributed by atoms with Gasteiger partial charge in [-0.25, -0.2) is 9.59 Å². The van der Waals surface area contributed by atoms with E-state index in [1.54, 1.807) is 24.3 Å². The zero-order valence-corrected chi connectivity index (χ0v) is 11.8. The zero-order valence-electron chi connectivity index (χ0n) is 11.0. The molecule has 1 atom stereocenters. The Hall–Kier alpha value is -1.79. The highest BCUT2D eigenvalue weighted by Gasteiger charge is 2.21. The number of carbonyl (C=O) groups excluding carboxylic acids is 1. The number of aliphatic hydroxyl groups is 1. The topological polar surface area (TPSA) is 89.9 Å². The number of aliphatic carboxylic acids is 1. The van der Waals surface area contributed by atoms with Gasteiger partial charge in [0.05, 0.1) is 0 Å². The van der Waals surface area contributed by atoms with Crippen molar-refractivity contribution in [1.82, 2.24) is 10.2 Å². The van der Waals surface area contributed by atoms with Crippen LogP contribution in [0.4, 0.5) is 4.79 Å². The summed E-state index contributed by atoms with van der Waals surface area (Å²) in [6, 6.07) is 5.45. The minimum Gasteiger partial charge on any atom is -0.480 e. The van der Waals surface area contributed by atoms with E-state index in [9.17, 15) is 9.59 Å². The summed E-state index contributed by atoms with van der Waals surface area (Å²) < 4.78 is 0. The minimum atomic E-state index is -1.18. The first-order valence-electron chi connectivity index (χ1n) is 6.04. The first-order chi connectivity index (χ1) is 9.45. The summed E-state index contributed by atoms with van der Waals surface area (Å²) in [7, 11) is 1.54. The molecule has 0 aliphatic heterocycles. The van der Waals surface area contributed by atoms with Crippen LogP contribution in [0, 0.1) is 0 Å². The fourth-order valence-corrected chi connectivity index (χ4v) is 1.80. The molecular weight excluding hydrogens is 284 g/mol. The van der Waals surface area contributed by atoms with E-state index in [1.807, 2.05) is 0 Å². The summed E-state index contributed by atoms with van der Waals surface area (Å²) in [5.74, 6) is -1.18. The Morgan fingerprint density at radius 1 is 1.40 bits per heavy atom. The van der Waals surface area contributed by atoms with Crippen LogP contribution >= 0.6 is 11.6 Å². The fraction of sp³-hybridized carbons (Fsp3) is 0.385. The molecule has 7 heteroatoms. The third-order valence-corrected chi connectivity index (χ3v) is 3.09. The molecule has 1 aromatic carbocycles. The minimum absolute atomic E-state index is 0.0407. The van der Waals surface area contributed by atoms with E-state index in [0.717, 1.165) is 5.56 Å². The van der Waals surface area contributed by atoms with Gasteiger partial charge in [-0.3, -0.25) is 0 Å². The number of rotatable bonds is 6. The molecule has 0 spiro atoms. The van der Waals surface area contributed by atoms with Crippen molar-refractivity contribution in [2.75, 3.05) is 13.7 Å². The average Bonchev–Trinajstić information content (AvgIpc) is 2.40. The molecule has 0 aromatic heterocycles. The van der Waals surface area contributed by atoms with Crippen LogP contribution < -0.4 is 5.32 Å². The quantitative estimate of drug-likeness (QED) is 0.739. The van der Waals surface area contributed by atoms with Gasteiger partial charge >= 0.3 is 12.0 Å². The molecule has 6 nitrogen and oxygen atoms in total. The van der Waals surface area contributed by atoms with Gasteiger partial charge in [0.2, 0.25) is 0 Å². The number of nitrogens with zero attached hydrogens (tertiary/aromatic N) is 1. The second-order valence-electron chi connectivity index (χ2n) is 4.30. The van der Waals surface area contributed by atoms with Crippen molar-refractivity contribution in [3.8, 4) is 0 Å². The number of nitrogens with one attached hydrogen (secondary N) is 1. The number of hydrogen-bond donors (Lipinski definition) is 3. The Labute approximate surface area is 122 Å². The maximum absolute atomic E-state index is 11.9. The van der Waals surface area contributed by atoms with Crippen molar-refractivity contribution >= 4 is 23.6 Å². The van der Waals surface area contributed by atoms with Crippen LogP contribution in [0.2, 0.25) is 5.02 Å². The lowest BCUT2D eigenvalue weighted by Gasteiger charge is -2.21. The van der Waals surface area contributed by atoms with Crippen LogP contribution in [0.15, 0.2) is 24.3 Å². The number of amides is 2. The highest BCUT2D eigenvalue weighted by molar-refractivity contribution is 6.31. The molecule has 1 rings (SSSR count). The second kappa shape index (κ2) is 7.72. The first-order valence-corrected chi connectivity index (χ1v) is 6.42. The maximum atomic E-state index is 11.9. The Morgan fingerprint density at radius 3 is 2.60 bits per heavy atom. The van der Waals surface area contributed by atoms with Crippen LogP contribution in [0.25, 0.3) is 0 Å². The highest BCUT2D eigenvalue weighted by Crippen LogP contribution is 2.16. The van der Waals surface area contributed by atoms with Gasteiger partial charge in [-0.05, 0) is 11.6 Å². The normalized spacial score (nSPS) is 11.8. The van der Waals surface area contributed by atoms with Crippen LogP contribution in [-0.2, 0) is 11.3 Å². The van der Waals surface area contributed by atoms with E-state index in [2.05, 4.69) is 5.32 Å². The Balaban J connectivity index is 2.63. The van der Waals surface area contributed by atoms with E-state index in [1.165, 1.54) is 11.9 Å². The summed E-state index contributed by atoms with van der Waals surface area (Å²) in [5, 5.41) is 20.5. The maximum Gasteiger partial charge on any atom is 0.326 e. The molecule has 1 aromatic rings. The first kappa shape index (κ1) is 16.3. The van der Waals surface area contributed by atoms with Gasteiger partial charge in [0.25, 0.3) is 0 Å². The van der Waals surface area contributed by atoms with Gasteiger partial charge < -0.3 is 20.4 Å². The molecule has 0 saturated heterocycles. The van der Waals surface area contributed by atoms with Crippen molar-refractivity contribution in [2.24, 2.45) is 0 Å². The lowest BCUT2D eigenvalue weighted by atomic mass is 10.2. The lowest BCUT2D eigenvalue weighted by molar-refractivity contribution is -0.139. The summed E-state index contributed by atoms with van der Waals surface area (Å²) in [6.07, 6.45) is -0.0407. The lowest BCUT2D eigenvalue weighted by Crippen LogP contribution is -2.46. The van der Waals surface area contributed by atoms with Crippen molar-refractivity contribution < 1.29 is 19.8 Å². The number of carbonyl (C=O) groups is 2. The summed E-state index contributed by atoms with van der Waals surface area (Å²) in [6.45, 7) is -0.0531. The molecule has 0 saturated carbocycles. The van der Waals surface area contributed by atoms with Gasteiger partial charge in [0.1, 0.15) is 6.04 Å². The molecule has 1 unspecified atom stereocenters. The Kier molecular flexibility index (Phi) is 6.27. The van der Waals surface area contributed by atoms with Gasteiger partial charge in [-0.15, -0.1) is 0 Å². The van der Waals surface area contributed by atoms with Crippen LogP contribution in [0.3, 0.4) is 0 Å². The van der Waals surface area contributed by atoms with Crippen molar-refractivity contribution in [3.63, 3.8) is 0 Å². The number of benzene rings is 1. The van der Waals surface area contributed by atoms with E-state index < -0.39 is 18.0 Å². The second-order valence-corrected chi connectivity index (χ2v) is 4.71. The molecule has 2 amide bonds. The van der Waals surface area contributed by atoms with E-state index in [-0.39, 0.29) is 19.6 Å². The van der Waals surface area contributed by atoms with Crippen molar-refractivity contribution in [1.29, 1.82) is 0 Å². The zero-order chi connectivity index (χ0) is 15.1.